The molecule has 1 N–H and O–H groups in total. The van der Waals surface area contributed by atoms with E-state index >= 15 is 0 Å². The molecular formula is C17H18ClNO4. The molecule has 2 aromatic rings. The summed E-state index contributed by atoms with van der Waals surface area (Å²) in [5.74, 6) is 1.23. The van der Waals surface area contributed by atoms with Crippen LogP contribution < -0.4 is 19.5 Å². The van der Waals surface area contributed by atoms with E-state index in [0.29, 0.717) is 41.0 Å². The number of hydrogen-bond acceptors (Lipinski definition) is 4. The maximum absolute atomic E-state index is 12.2. The fraction of sp³-hybridized carbons (Fsp3) is 0.235. The molecule has 122 valence electrons. The number of carbonyl (C=O) groups excluding carboxylic acids is 1. The van der Waals surface area contributed by atoms with Gasteiger partial charge in [-0.2, -0.15) is 0 Å². The highest BCUT2D eigenvalue weighted by Crippen LogP contribution is 2.30. The molecule has 23 heavy (non-hydrogen) atoms. The molecule has 0 aromatic heterocycles. The van der Waals surface area contributed by atoms with Crippen molar-refractivity contribution in [2.45, 2.75) is 0 Å². The standard InChI is InChI=1S/C17H18ClNO4/c1-21-15-9-5-6-12(16(15)22-2)17(20)19-10-11-23-14-8-4-3-7-13(14)18/h3-9H,10-11H2,1-2H3,(H,19,20). The van der Waals surface area contributed by atoms with E-state index in [9.17, 15) is 4.79 Å². The van der Waals surface area contributed by atoms with Gasteiger partial charge in [-0.15, -0.1) is 0 Å². The van der Waals surface area contributed by atoms with Crippen LogP contribution in [0.15, 0.2) is 42.5 Å². The number of para-hydroxylation sites is 2. The highest BCUT2D eigenvalue weighted by atomic mass is 35.5. The molecule has 1 amide bonds. The van der Waals surface area contributed by atoms with Crippen LogP contribution in [0.5, 0.6) is 17.2 Å². The lowest BCUT2D eigenvalue weighted by molar-refractivity contribution is 0.0943. The van der Waals surface area contributed by atoms with E-state index in [1.54, 1.807) is 30.3 Å². The lowest BCUT2D eigenvalue weighted by atomic mass is 10.1. The zero-order chi connectivity index (χ0) is 16.7. The van der Waals surface area contributed by atoms with Crippen molar-refractivity contribution in [2.24, 2.45) is 0 Å². The average molecular weight is 336 g/mol. The zero-order valence-corrected chi connectivity index (χ0v) is 13.7. The predicted octanol–water partition coefficient (Wildman–Crippen LogP) is 3.17. The van der Waals surface area contributed by atoms with Gasteiger partial charge in [-0.3, -0.25) is 4.79 Å². The summed E-state index contributed by atoms with van der Waals surface area (Å²) in [5, 5.41) is 3.31. The van der Waals surface area contributed by atoms with Crippen LogP contribution in [0.3, 0.4) is 0 Å². The van der Waals surface area contributed by atoms with Crippen LogP contribution in [0.2, 0.25) is 5.02 Å². The largest absolute Gasteiger partial charge is 0.493 e. The SMILES string of the molecule is COc1cccc(C(=O)NCCOc2ccccc2Cl)c1OC. The number of amides is 1. The van der Waals surface area contributed by atoms with Gasteiger partial charge < -0.3 is 19.5 Å². The summed E-state index contributed by atoms with van der Waals surface area (Å²) in [6.45, 7) is 0.645. The van der Waals surface area contributed by atoms with E-state index in [1.807, 2.05) is 12.1 Å². The van der Waals surface area contributed by atoms with Crippen molar-refractivity contribution in [1.82, 2.24) is 5.32 Å². The minimum absolute atomic E-state index is 0.261. The molecular weight excluding hydrogens is 318 g/mol. The summed E-state index contributed by atoms with van der Waals surface area (Å²) in [4.78, 5) is 12.2. The highest BCUT2D eigenvalue weighted by molar-refractivity contribution is 6.32. The maximum atomic E-state index is 12.2. The van der Waals surface area contributed by atoms with Gasteiger partial charge in [-0.05, 0) is 24.3 Å². The lowest BCUT2D eigenvalue weighted by Gasteiger charge is -2.13. The first-order valence-electron chi connectivity index (χ1n) is 7.04. The second-order valence-corrected chi connectivity index (χ2v) is 4.98. The molecule has 0 saturated heterocycles. The number of hydrogen-bond donors (Lipinski definition) is 1. The first-order chi connectivity index (χ1) is 11.2. The number of methoxy groups -OCH3 is 2. The fourth-order valence-corrected chi connectivity index (χ4v) is 2.24. The van der Waals surface area contributed by atoms with Gasteiger partial charge in [0.1, 0.15) is 12.4 Å². The van der Waals surface area contributed by atoms with Crippen molar-refractivity contribution < 1.29 is 19.0 Å². The molecule has 0 atom stereocenters. The molecule has 0 heterocycles. The van der Waals surface area contributed by atoms with Crippen LogP contribution in [-0.2, 0) is 0 Å². The molecule has 0 bridgehead atoms. The summed E-state index contributed by atoms with van der Waals surface area (Å²) in [7, 11) is 3.02. The number of halogens is 1. The summed E-state index contributed by atoms with van der Waals surface area (Å²) in [6.07, 6.45) is 0. The van der Waals surface area contributed by atoms with Crippen molar-refractivity contribution in [3.05, 3.63) is 53.1 Å². The highest BCUT2D eigenvalue weighted by Gasteiger charge is 2.15. The molecule has 0 aliphatic heterocycles. The van der Waals surface area contributed by atoms with E-state index in [0.717, 1.165) is 0 Å². The van der Waals surface area contributed by atoms with E-state index < -0.39 is 0 Å². The monoisotopic (exact) mass is 335 g/mol. The van der Waals surface area contributed by atoms with Crippen LogP contribution in [0.25, 0.3) is 0 Å². The minimum atomic E-state index is -0.261. The normalized spacial score (nSPS) is 10.0. The second kappa shape index (κ2) is 8.29. The van der Waals surface area contributed by atoms with Crippen molar-refractivity contribution in [1.29, 1.82) is 0 Å². The quantitative estimate of drug-likeness (QED) is 0.790. The Bertz CT molecular complexity index is 675. The molecule has 0 spiro atoms. The summed E-state index contributed by atoms with van der Waals surface area (Å²) < 4.78 is 15.9. The zero-order valence-electron chi connectivity index (χ0n) is 13.0. The Morgan fingerprint density at radius 2 is 1.78 bits per heavy atom. The van der Waals surface area contributed by atoms with Crippen LogP contribution in [0.1, 0.15) is 10.4 Å². The van der Waals surface area contributed by atoms with Gasteiger partial charge >= 0.3 is 0 Å². The number of benzene rings is 2. The Labute approximate surface area is 140 Å². The molecule has 0 fully saturated rings. The number of carbonyl (C=O) groups is 1. The molecule has 0 aliphatic carbocycles. The smallest absolute Gasteiger partial charge is 0.255 e. The average Bonchev–Trinajstić information content (AvgIpc) is 2.59. The third-order valence-electron chi connectivity index (χ3n) is 3.13. The Hall–Kier alpha value is -2.40. The van der Waals surface area contributed by atoms with E-state index in [1.165, 1.54) is 14.2 Å². The topological polar surface area (TPSA) is 56.8 Å². The second-order valence-electron chi connectivity index (χ2n) is 4.58. The molecule has 2 aromatic carbocycles. The minimum Gasteiger partial charge on any atom is -0.493 e. The van der Waals surface area contributed by atoms with E-state index in [4.69, 9.17) is 25.8 Å². The third-order valence-corrected chi connectivity index (χ3v) is 3.44. The van der Waals surface area contributed by atoms with Crippen molar-refractivity contribution >= 4 is 17.5 Å². The summed E-state index contributed by atoms with van der Waals surface area (Å²) in [5.41, 5.74) is 0.407. The number of ether oxygens (including phenoxy) is 3. The predicted molar refractivity (Wildman–Crippen MR) is 88.8 cm³/mol. The van der Waals surface area contributed by atoms with Crippen LogP contribution in [0.4, 0.5) is 0 Å². The van der Waals surface area contributed by atoms with E-state index in [-0.39, 0.29) is 5.91 Å². The molecule has 0 saturated carbocycles. The van der Waals surface area contributed by atoms with Crippen molar-refractivity contribution in [3.63, 3.8) is 0 Å². The molecule has 0 radical (unpaired) electrons. The Kier molecular flexibility index (Phi) is 6.11. The number of rotatable bonds is 7. The Morgan fingerprint density at radius 1 is 1.04 bits per heavy atom. The van der Waals surface area contributed by atoms with Gasteiger partial charge in [0.15, 0.2) is 11.5 Å². The first kappa shape index (κ1) is 17.0. The molecule has 0 aliphatic rings. The van der Waals surface area contributed by atoms with Gasteiger partial charge in [0, 0.05) is 0 Å². The van der Waals surface area contributed by atoms with Crippen molar-refractivity contribution in [3.8, 4) is 17.2 Å². The lowest BCUT2D eigenvalue weighted by Crippen LogP contribution is -2.28. The Balaban J connectivity index is 1.92. The van der Waals surface area contributed by atoms with Gasteiger partial charge in [-0.25, -0.2) is 0 Å². The van der Waals surface area contributed by atoms with Gasteiger partial charge in [0.05, 0.1) is 31.4 Å². The van der Waals surface area contributed by atoms with E-state index in [2.05, 4.69) is 5.32 Å². The van der Waals surface area contributed by atoms with Gasteiger partial charge in [0.2, 0.25) is 0 Å². The Morgan fingerprint density at radius 3 is 2.48 bits per heavy atom. The van der Waals surface area contributed by atoms with Crippen LogP contribution in [-0.4, -0.2) is 33.3 Å². The molecule has 2 rings (SSSR count). The fourth-order valence-electron chi connectivity index (χ4n) is 2.05. The summed E-state index contributed by atoms with van der Waals surface area (Å²) >= 11 is 5.99. The summed E-state index contributed by atoms with van der Waals surface area (Å²) in [6, 6.07) is 12.3. The first-order valence-corrected chi connectivity index (χ1v) is 7.41. The van der Waals surface area contributed by atoms with Crippen LogP contribution >= 0.6 is 11.6 Å². The molecule has 6 heteroatoms. The molecule has 5 nitrogen and oxygen atoms in total. The third kappa shape index (κ3) is 4.29. The van der Waals surface area contributed by atoms with Gasteiger partial charge in [-0.1, -0.05) is 29.8 Å². The van der Waals surface area contributed by atoms with Crippen LogP contribution in [0, 0.1) is 0 Å². The molecule has 0 unspecified atom stereocenters. The van der Waals surface area contributed by atoms with Crippen molar-refractivity contribution in [2.75, 3.05) is 27.4 Å². The maximum Gasteiger partial charge on any atom is 0.255 e. The van der Waals surface area contributed by atoms with Gasteiger partial charge in [0.25, 0.3) is 5.91 Å². The number of nitrogens with one attached hydrogen (secondary N) is 1.